The van der Waals surface area contributed by atoms with E-state index in [2.05, 4.69) is 33.1 Å². The fourth-order valence-corrected chi connectivity index (χ4v) is 2.50. The fourth-order valence-electron chi connectivity index (χ4n) is 2.24. The van der Waals surface area contributed by atoms with Crippen LogP contribution >= 0.6 is 15.9 Å². The quantitative estimate of drug-likeness (QED) is 0.866. The Morgan fingerprint density at radius 3 is 2.83 bits per heavy atom. The summed E-state index contributed by atoms with van der Waals surface area (Å²) in [6, 6.07) is 8.12. The molecule has 3 nitrogen and oxygen atoms in total. The van der Waals surface area contributed by atoms with E-state index < -0.39 is 0 Å². The van der Waals surface area contributed by atoms with Crippen molar-refractivity contribution in [2.24, 2.45) is 0 Å². The normalized spacial score (nSPS) is 20.9. The lowest BCUT2D eigenvalue weighted by atomic mass is 10.1. The number of rotatable bonds is 4. The molecule has 1 heterocycles. The van der Waals surface area contributed by atoms with Crippen molar-refractivity contribution in [1.82, 2.24) is 10.2 Å². The van der Waals surface area contributed by atoms with Gasteiger partial charge < -0.3 is 5.32 Å². The van der Waals surface area contributed by atoms with Gasteiger partial charge in [-0.25, -0.2) is 0 Å². The average Bonchev–Trinajstić information content (AvgIpc) is 2.38. The summed E-state index contributed by atoms with van der Waals surface area (Å²) in [5.41, 5.74) is 0.806. The molecular formula is C14H19BrN2O. The Labute approximate surface area is 117 Å². The van der Waals surface area contributed by atoms with E-state index in [0.29, 0.717) is 12.5 Å². The summed E-state index contributed by atoms with van der Waals surface area (Å²) >= 11 is 3.38. The molecule has 1 atom stereocenters. The second kappa shape index (κ2) is 6.45. The highest BCUT2D eigenvalue weighted by Crippen LogP contribution is 2.12. The molecule has 1 N–H and O–H groups in total. The molecule has 1 aliphatic heterocycles. The van der Waals surface area contributed by atoms with Crippen LogP contribution < -0.4 is 5.32 Å². The molecule has 1 aromatic carbocycles. The Balaban J connectivity index is 1.86. The second-order valence-corrected chi connectivity index (χ2v) is 5.68. The molecule has 0 spiro atoms. The van der Waals surface area contributed by atoms with E-state index in [-0.39, 0.29) is 5.78 Å². The summed E-state index contributed by atoms with van der Waals surface area (Å²) in [6.45, 7) is 6.14. The van der Waals surface area contributed by atoms with Crippen molar-refractivity contribution in [3.8, 4) is 0 Å². The number of nitrogens with one attached hydrogen (secondary N) is 1. The molecule has 0 saturated carbocycles. The second-order valence-electron chi connectivity index (χ2n) is 4.77. The molecule has 4 heteroatoms. The first-order valence-electron chi connectivity index (χ1n) is 6.40. The zero-order chi connectivity index (χ0) is 13.0. The summed E-state index contributed by atoms with van der Waals surface area (Å²) in [5.74, 6) is 0.230. The molecule has 0 amide bonds. The van der Waals surface area contributed by atoms with Gasteiger partial charge in [0.2, 0.25) is 0 Å². The highest BCUT2D eigenvalue weighted by molar-refractivity contribution is 9.10. The summed E-state index contributed by atoms with van der Waals surface area (Å²) in [4.78, 5) is 14.4. The number of hydrogen-bond acceptors (Lipinski definition) is 3. The van der Waals surface area contributed by atoms with Gasteiger partial charge in [-0.2, -0.15) is 0 Å². The van der Waals surface area contributed by atoms with Gasteiger partial charge in [-0.05, 0) is 19.1 Å². The van der Waals surface area contributed by atoms with Crippen molar-refractivity contribution in [1.29, 1.82) is 0 Å². The number of carbonyl (C=O) groups is 1. The topological polar surface area (TPSA) is 32.3 Å². The number of nitrogens with zero attached hydrogens (tertiary/aromatic N) is 1. The first-order chi connectivity index (χ1) is 8.66. The molecule has 1 unspecified atom stereocenters. The minimum atomic E-state index is 0.230. The van der Waals surface area contributed by atoms with Crippen molar-refractivity contribution in [2.75, 3.05) is 26.2 Å². The van der Waals surface area contributed by atoms with Crippen LogP contribution in [0.3, 0.4) is 0 Å². The first kappa shape index (κ1) is 13.7. The molecule has 0 aliphatic carbocycles. The lowest BCUT2D eigenvalue weighted by molar-refractivity contribution is 0.0942. The van der Waals surface area contributed by atoms with Crippen LogP contribution in [0.5, 0.6) is 0 Å². The van der Waals surface area contributed by atoms with Gasteiger partial charge in [-0.15, -0.1) is 0 Å². The molecule has 0 aromatic heterocycles. The van der Waals surface area contributed by atoms with E-state index in [4.69, 9.17) is 0 Å². The third kappa shape index (κ3) is 3.64. The van der Waals surface area contributed by atoms with Crippen molar-refractivity contribution in [3.63, 3.8) is 0 Å². The molecule has 0 radical (unpaired) electrons. The Hall–Kier alpha value is -0.710. The number of benzene rings is 1. The van der Waals surface area contributed by atoms with Gasteiger partial charge >= 0.3 is 0 Å². The number of halogens is 1. The Morgan fingerprint density at radius 1 is 1.44 bits per heavy atom. The molecule has 1 aliphatic rings. The Bertz CT molecular complexity index is 405. The minimum Gasteiger partial charge on any atom is -0.314 e. The smallest absolute Gasteiger partial charge is 0.164 e. The highest BCUT2D eigenvalue weighted by Gasteiger charge is 2.18. The predicted octanol–water partition coefficient (Wildman–Crippen LogP) is 2.32. The van der Waals surface area contributed by atoms with E-state index in [1.165, 1.54) is 0 Å². The van der Waals surface area contributed by atoms with E-state index in [9.17, 15) is 4.79 Å². The van der Waals surface area contributed by atoms with Crippen LogP contribution in [0.2, 0.25) is 0 Å². The zero-order valence-electron chi connectivity index (χ0n) is 10.7. The third-order valence-corrected chi connectivity index (χ3v) is 3.96. The van der Waals surface area contributed by atoms with Crippen LogP contribution in [0.25, 0.3) is 0 Å². The summed E-state index contributed by atoms with van der Waals surface area (Å²) in [5, 5.41) is 3.36. The van der Waals surface area contributed by atoms with Gasteiger partial charge in [-0.3, -0.25) is 9.69 Å². The van der Waals surface area contributed by atoms with Crippen LogP contribution in [0.1, 0.15) is 23.7 Å². The monoisotopic (exact) mass is 310 g/mol. The van der Waals surface area contributed by atoms with Crippen molar-refractivity contribution in [2.45, 2.75) is 19.4 Å². The van der Waals surface area contributed by atoms with Crippen molar-refractivity contribution < 1.29 is 4.79 Å². The zero-order valence-corrected chi connectivity index (χ0v) is 12.2. The molecule has 18 heavy (non-hydrogen) atoms. The highest BCUT2D eigenvalue weighted by atomic mass is 79.9. The van der Waals surface area contributed by atoms with Gasteiger partial charge in [0.25, 0.3) is 0 Å². The maximum atomic E-state index is 12.0. The lowest BCUT2D eigenvalue weighted by Crippen LogP contribution is -2.50. The van der Waals surface area contributed by atoms with E-state index in [1.807, 2.05) is 24.3 Å². The van der Waals surface area contributed by atoms with Crippen molar-refractivity contribution in [3.05, 3.63) is 34.3 Å². The predicted molar refractivity (Wildman–Crippen MR) is 77.0 cm³/mol. The maximum Gasteiger partial charge on any atom is 0.164 e. The Kier molecular flexibility index (Phi) is 4.92. The van der Waals surface area contributed by atoms with Crippen molar-refractivity contribution >= 4 is 21.7 Å². The summed E-state index contributed by atoms with van der Waals surface area (Å²) in [6.07, 6.45) is 0.603. The maximum absolute atomic E-state index is 12.0. The third-order valence-electron chi connectivity index (χ3n) is 3.43. The van der Waals surface area contributed by atoms with Gasteiger partial charge in [0.05, 0.1) is 0 Å². The molecule has 2 rings (SSSR count). The van der Waals surface area contributed by atoms with Gasteiger partial charge in [-0.1, -0.05) is 28.1 Å². The molecule has 1 aromatic rings. The lowest BCUT2D eigenvalue weighted by Gasteiger charge is -2.33. The fraction of sp³-hybridized carbons (Fsp3) is 0.500. The van der Waals surface area contributed by atoms with Gasteiger partial charge in [0.1, 0.15) is 0 Å². The first-order valence-corrected chi connectivity index (χ1v) is 7.19. The Morgan fingerprint density at radius 2 is 2.17 bits per heavy atom. The van der Waals surface area contributed by atoms with Gasteiger partial charge in [0, 0.05) is 48.7 Å². The van der Waals surface area contributed by atoms with Crippen LogP contribution in [0, 0.1) is 0 Å². The molecule has 98 valence electrons. The molecule has 1 saturated heterocycles. The SMILES string of the molecule is CC1CNCCN1CCC(=O)c1ccc(Br)cc1. The standard InChI is InChI=1S/C14H19BrN2O/c1-11-10-16-7-9-17(11)8-6-14(18)12-2-4-13(15)5-3-12/h2-5,11,16H,6-10H2,1H3. The van der Waals surface area contributed by atoms with E-state index >= 15 is 0 Å². The summed E-state index contributed by atoms with van der Waals surface area (Å²) in [7, 11) is 0. The number of Topliss-reactive ketones (excluding diaryl/α,β-unsaturated/α-hetero) is 1. The minimum absolute atomic E-state index is 0.230. The molecular weight excluding hydrogens is 292 g/mol. The number of piperazine rings is 1. The van der Waals surface area contributed by atoms with Crippen LogP contribution in [-0.2, 0) is 0 Å². The summed E-state index contributed by atoms with van der Waals surface area (Å²) < 4.78 is 1.01. The van der Waals surface area contributed by atoms with E-state index in [1.54, 1.807) is 0 Å². The average molecular weight is 311 g/mol. The van der Waals surface area contributed by atoms with Gasteiger partial charge in [0.15, 0.2) is 5.78 Å². The molecule has 0 bridgehead atoms. The van der Waals surface area contributed by atoms with Crippen LogP contribution in [-0.4, -0.2) is 42.9 Å². The van der Waals surface area contributed by atoms with Crippen LogP contribution in [0.4, 0.5) is 0 Å². The number of ketones is 1. The van der Waals surface area contributed by atoms with Crippen LogP contribution in [0.15, 0.2) is 28.7 Å². The van der Waals surface area contributed by atoms with E-state index in [0.717, 1.165) is 36.2 Å². The number of hydrogen-bond donors (Lipinski definition) is 1. The largest absolute Gasteiger partial charge is 0.314 e. The molecule has 1 fully saturated rings. The number of carbonyl (C=O) groups excluding carboxylic acids is 1.